The van der Waals surface area contributed by atoms with Crippen LogP contribution in [0.3, 0.4) is 0 Å². The highest BCUT2D eigenvalue weighted by atomic mass is 19.1. The monoisotopic (exact) mass is 496 g/mol. The van der Waals surface area contributed by atoms with Crippen molar-refractivity contribution in [1.82, 2.24) is 20.4 Å². The smallest absolute Gasteiger partial charge is 0.338 e. The lowest BCUT2D eigenvalue weighted by atomic mass is 9.94. The maximum Gasteiger partial charge on any atom is 0.338 e. The van der Waals surface area contributed by atoms with Gasteiger partial charge in [0.1, 0.15) is 11.6 Å². The molecule has 0 radical (unpaired) electrons. The average molecular weight is 497 g/mol. The van der Waals surface area contributed by atoms with Gasteiger partial charge in [-0.25, -0.2) is 14.0 Å². The second-order valence-electron chi connectivity index (χ2n) is 8.47. The number of nitrogens with one attached hydrogen (secondary N) is 2. The Morgan fingerprint density at radius 1 is 1.06 bits per heavy atom. The van der Waals surface area contributed by atoms with Crippen molar-refractivity contribution in [2.24, 2.45) is 0 Å². The third-order valence-electron chi connectivity index (χ3n) is 6.24. The highest BCUT2D eigenvalue weighted by Crippen LogP contribution is 2.29. The second kappa shape index (κ2) is 11.2. The molecule has 0 saturated carbocycles. The molecule has 36 heavy (non-hydrogen) atoms. The van der Waals surface area contributed by atoms with Gasteiger partial charge >= 0.3 is 12.0 Å². The zero-order chi connectivity index (χ0) is 25.7. The van der Waals surface area contributed by atoms with Gasteiger partial charge < -0.3 is 25.0 Å². The fraction of sp³-hybridized carbons (Fsp3) is 0.346. The summed E-state index contributed by atoms with van der Waals surface area (Å²) in [4.78, 5) is 41.9. The summed E-state index contributed by atoms with van der Waals surface area (Å²) in [5.41, 5.74) is 1.54. The third kappa shape index (κ3) is 5.49. The number of rotatable bonds is 7. The van der Waals surface area contributed by atoms with Gasteiger partial charge in [-0.05, 0) is 36.8 Å². The van der Waals surface area contributed by atoms with Crippen LogP contribution >= 0.6 is 0 Å². The van der Waals surface area contributed by atoms with E-state index in [-0.39, 0.29) is 24.6 Å². The first-order valence-electron chi connectivity index (χ1n) is 11.8. The van der Waals surface area contributed by atoms with Gasteiger partial charge in [-0.3, -0.25) is 9.69 Å². The van der Waals surface area contributed by atoms with E-state index < -0.39 is 23.9 Å². The number of benzene rings is 2. The number of nitrogens with zero attached hydrogens (tertiary/aromatic N) is 2. The van der Waals surface area contributed by atoms with Crippen molar-refractivity contribution in [3.8, 4) is 5.75 Å². The summed E-state index contributed by atoms with van der Waals surface area (Å²) in [6, 6.07) is 11.9. The standard InChI is InChI=1S/C26H29FN4O5/c1-3-36-25(33)22-21(28-26(34)29-23(22)17-8-10-18(35-2)11-9-17)16-30-12-14-31(15-13-30)24(32)19-6-4-5-7-20(19)27/h4-11,23H,3,12-16H2,1-2H3,(H2,28,29,34). The van der Waals surface area contributed by atoms with E-state index in [1.54, 1.807) is 55.3 Å². The molecule has 2 aromatic rings. The number of halogens is 1. The van der Waals surface area contributed by atoms with Gasteiger partial charge in [-0.2, -0.15) is 0 Å². The Hall–Kier alpha value is -3.92. The molecule has 0 aromatic heterocycles. The summed E-state index contributed by atoms with van der Waals surface area (Å²) < 4.78 is 24.6. The molecule has 1 saturated heterocycles. The fourth-order valence-corrected chi connectivity index (χ4v) is 4.38. The molecule has 3 amide bonds. The van der Waals surface area contributed by atoms with Gasteiger partial charge in [-0.15, -0.1) is 0 Å². The third-order valence-corrected chi connectivity index (χ3v) is 6.24. The van der Waals surface area contributed by atoms with Gasteiger partial charge in [0.2, 0.25) is 0 Å². The van der Waals surface area contributed by atoms with Gasteiger partial charge in [0.05, 0.1) is 30.9 Å². The van der Waals surface area contributed by atoms with Gasteiger partial charge in [0, 0.05) is 38.4 Å². The molecule has 4 rings (SSSR count). The lowest BCUT2D eigenvalue weighted by Crippen LogP contribution is -2.52. The van der Waals surface area contributed by atoms with Crippen molar-refractivity contribution in [1.29, 1.82) is 0 Å². The van der Waals surface area contributed by atoms with Crippen LogP contribution in [0.2, 0.25) is 0 Å². The molecular weight excluding hydrogens is 467 g/mol. The van der Waals surface area contributed by atoms with Crippen molar-refractivity contribution < 1.29 is 28.2 Å². The molecule has 2 aliphatic heterocycles. The van der Waals surface area contributed by atoms with E-state index in [1.807, 2.05) is 4.90 Å². The van der Waals surface area contributed by atoms with Crippen molar-refractivity contribution >= 4 is 17.9 Å². The predicted molar refractivity (Wildman–Crippen MR) is 130 cm³/mol. The predicted octanol–water partition coefficient (Wildman–Crippen LogP) is 2.46. The molecule has 0 bridgehead atoms. The Bertz CT molecular complexity index is 1160. The topological polar surface area (TPSA) is 100 Å². The molecule has 1 unspecified atom stereocenters. The van der Waals surface area contributed by atoms with Crippen molar-refractivity contribution in [3.63, 3.8) is 0 Å². The van der Waals surface area contributed by atoms with Crippen molar-refractivity contribution in [2.45, 2.75) is 13.0 Å². The fourth-order valence-electron chi connectivity index (χ4n) is 4.38. The largest absolute Gasteiger partial charge is 0.497 e. The van der Waals surface area contributed by atoms with E-state index in [2.05, 4.69) is 10.6 Å². The number of piperazine rings is 1. The first-order valence-corrected chi connectivity index (χ1v) is 11.8. The van der Waals surface area contributed by atoms with Crippen LogP contribution in [0.4, 0.5) is 9.18 Å². The van der Waals surface area contributed by atoms with Crippen LogP contribution in [-0.2, 0) is 9.53 Å². The molecule has 0 spiro atoms. The molecule has 2 N–H and O–H groups in total. The number of methoxy groups -OCH3 is 1. The van der Waals surface area contributed by atoms with E-state index in [4.69, 9.17) is 9.47 Å². The molecule has 1 atom stereocenters. The summed E-state index contributed by atoms with van der Waals surface area (Å²) in [7, 11) is 1.56. The highest BCUT2D eigenvalue weighted by Gasteiger charge is 2.35. The Kier molecular flexibility index (Phi) is 7.84. The van der Waals surface area contributed by atoms with Crippen LogP contribution in [0.25, 0.3) is 0 Å². The minimum Gasteiger partial charge on any atom is -0.497 e. The van der Waals surface area contributed by atoms with Crippen LogP contribution in [0.5, 0.6) is 5.75 Å². The van der Waals surface area contributed by atoms with Crippen LogP contribution in [0.1, 0.15) is 28.9 Å². The highest BCUT2D eigenvalue weighted by molar-refractivity contribution is 5.95. The van der Waals surface area contributed by atoms with Crippen molar-refractivity contribution in [2.75, 3.05) is 46.4 Å². The van der Waals surface area contributed by atoms with Crippen LogP contribution in [0.15, 0.2) is 59.8 Å². The first-order chi connectivity index (χ1) is 17.4. The molecule has 2 aliphatic rings. The van der Waals surface area contributed by atoms with E-state index in [0.29, 0.717) is 48.8 Å². The number of esters is 1. The minimum absolute atomic E-state index is 0.0474. The molecule has 10 heteroatoms. The number of hydrogen-bond acceptors (Lipinski definition) is 6. The zero-order valence-electron chi connectivity index (χ0n) is 20.3. The number of ether oxygens (including phenoxy) is 2. The summed E-state index contributed by atoms with van der Waals surface area (Å²) in [5, 5.41) is 5.59. The van der Waals surface area contributed by atoms with Crippen molar-refractivity contribution in [3.05, 3.63) is 76.7 Å². The SMILES string of the molecule is CCOC(=O)C1=C(CN2CCN(C(=O)c3ccccc3F)CC2)NC(=O)NC1c1ccc(OC)cc1. The maximum atomic E-state index is 14.1. The molecule has 2 heterocycles. The quantitative estimate of drug-likeness (QED) is 0.572. The minimum atomic E-state index is -0.692. The summed E-state index contributed by atoms with van der Waals surface area (Å²) >= 11 is 0. The molecule has 1 fully saturated rings. The summed E-state index contributed by atoms with van der Waals surface area (Å²) in [6.07, 6.45) is 0. The zero-order valence-corrected chi connectivity index (χ0v) is 20.3. The van der Waals surface area contributed by atoms with E-state index in [9.17, 15) is 18.8 Å². The number of hydrogen-bond donors (Lipinski definition) is 2. The molecular formula is C26H29FN4O5. The maximum absolute atomic E-state index is 14.1. The van der Waals surface area contributed by atoms with E-state index >= 15 is 0 Å². The molecule has 190 valence electrons. The molecule has 0 aliphatic carbocycles. The lowest BCUT2D eigenvalue weighted by Gasteiger charge is -2.37. The number of carbonyl (C=O) groups excluding carboxylic acids is 3. The average Bonchev–Trinajstić information content (AvgIpc) is 2.89. The Balaban J connectivity index is 1.53. The van der Waals surface area contributed by atoms with E-state index in [1.165, 1.54) is 12.1 Å². The van der Waals surface area contributed by atoms with Crippen LogP contribution in [0, 0.1) is 5.82 Å². The van der Waals surface area contributed by atoms with Gasteiger partial charge in [-0.1, -0.05) is 24.3 Å². The first kappa shape index (κ1) is 25.2. The van der Waals surface area contributed by atoms with Crippen LogP contribution < -0.4 is 15.4 Å². The summed E-state index contributed by atoms with van der Waals surface area (Å²) in [5.74, 6) is -0.761. The second-order valence-corrected chi connectivity index (χ2v) is 8.47. The molecule has 9 nitrogen and oxygen atoms in total. The van der Waals surface area contributed by atoms with Crippen LogP contribution in [-0.4, -0.2) is 74.1 Å². The number of urea groups is 1. The lowest BCUT2D eigenvalue weighted by molar-refractivity contribution is -0.139. The normalized spacial score (nSPS) is 18.4. The Morgan fingerprint density at radius 2 is 1.75 bits per heavy atom. The number of carbonyl (C=O) groups is 3. The van der Waals surface area contributed by atoms with Gasteiger partial charge in [0.15, 0.2) is 0 Å². The Labute approximate surface area is 208 Å². The number of amides is 3. The van der Waals surface area contributed by atoms with Gasteiger partial charge in [0.25, 0.3) is 5.91 Å². The van der Waals surface area contributed by atoms with E-state index in [0.717, 1.165) is 0 Å². The summed E-state index contributed by atoms with van der Waals surface area (Å²) in [6.45, 7) is 3.98. The molecule has 2 aromatic carbocycles. The Morgan fingerprint density at radius 3 is 2.39 bits per heavy atom.